The third kappa shape index (κ3) is 5.69. The van der Waals surface area contributed by atoms with Gasteiger partial charge in [-0.1, -0.05) is 0 Å². The molecule has 0 bridgehead atoms. The van der Waals surface area contributed by atoms with E-state index in [0.29, 0.717) is 0 Å². The largest absolute Gasteiger partial charge is 0.748 e. The van der Waals surface area contributed by atoms with Gasteiger partial charge in [0.25, 0.3) is 0 Å². The van der Waals surface area contributed by atoms with Crippen LogP contribution < -0.4 is 5.32 Å². The summed E-state index contributed by atoms with van der Waals surface area (Å²) in [6, 6.07) is 2.60. The minimum absolute atomic E-state index is 0.122. The van der Waals surface area contributed by atoms with Crippen LogP contribution in [0, 0.1) is 3.57 Å². The molecule has 0 fully saturated rings. The van der Waals surface area contributed by atoms with Crippen molar-refractivity contribution in [1.29, 1.82) is 0 Å². The van der Waals surface area contributed by atoms with Gasteiger partial charge in [0.2, 0.25) is 5.91 Å². The lowest BCUT2D eigenvalue weighted by Crippen LogP contribution is -2.63. The SMILES string of the molecule is CC(=O)Nc1cc(C(=O)OC(CS(=O)(=O)[O-])(C(F)(F)F)C(F)(F)F)ccc1I. The summed E-state index contributed by atoms with van der Waals surface area (Å²) in [5.74, 6) is -5.95. The maximum atomic E-state index is 13.1. The molecule has 0 aromatic heterocycles. The lowest BCUT2D eigenvalue weighted by Gasteiger charge is -2.36. The predicted molar refractivity (Wildman–Crippen MR) is 88.3 cm³/mol. The van der Waals surface area contributed by atoms with E-state index in [4.69, 9.17) is 0 Å². The second-order valence-corrected chi connectivity index (χ2v) is 7.86. The summed E-state index contributed by atoms with van der Waals surface area (Å²) >= 11 is 1.66. The molecule has 28 heavy (non-hydrogen) atoms. The van der Waals surface area contributed by atoms with E-state index in [1.54, 1.807) is 22.6 Å². The average molecular weight is 548 g/mol. The fourth-order valence-corrected chi connectivity index (χ4v) is 3.23. The van der Waals surface area contributed by atoms with Gasteiger partial charge >= 0.3 is 23.9 Å². The van der Waals surface area contributed by atoms with Crippen molar-refractivity contribution < 1.29 is 53.6 Å². The quantitative estimate of drug-likeness (QED) is 0.262. The molecule has 1 aromatic rings. The van der Waals surface area contributed by atoms with E-state index in [1.165, 1.54) is 0 Å². The Hall–Kier alpha value is -1.62. The Bertz CT molecular complexity index is 868. The van der Waals surface area contributed by atoms with Crippen molar-refractivity contribution in [3.63, 3.8) is 0 Å². The minimum Gasteiger partial charge on any atom is -0.748 e. The van der Waals surface area contributed by atoms with Crippen LogP contribution in [0.1, 0.15) is 17.3 Å². The Morgan fingerprint density at radius 1 is 1.14 bits per heavy atom. The summed E-state index contributed by atoms with van der Waals surface area (Å²) in [6.45, 7) is 1.05. The number of benzene rings is 1. The zero-order valence-corrected chi connectivity index (χ0v) is 16.4. The highest BCUT2D eigenvalue weighted by molar-refractivity contribution is 14.1. The molecule has 0 heterocycles. The number of carbonyl (C=O) groups is 2. The second-order valence-electron chi connectivity index (χ2n) is 5.29. The Morgan fingerprint density at radius 2 is 1.64 bits per heavy atom. The van der Waals surface area contributed by atoms with Crippen molar-refractivity contribution in [2.24, 2.45) is 0 Å². The zero-order valence-electron chi connectivity index (χ0n) is 13.4. The number of amides is 1. The van der Waals surface area contributed by atoms with Gasteiger partial charge in [0.05, 0.1) is 27.1 Å². The molecular formula is C13H9F6INO6S-. The molecule has 0 spiro atoms. The topological polar surface area (TPSA) is 113 Å². The second kappa shape index (κ2) is 8.02. The molecule has 1 N–H and O–H groups in total. The van der Waals surface area contributed by atoms with Crippen molar-refractivity contribution in [2.45, 2.75) is 24.9 Å². The third-order valence-corrected chi connectivity index (χ3v) is 4.78. The summed E-state index contributed by atoms with van der Waals surface area (Å²) in [5, 5.41) is 2.19. The standard InChI is InChI=1S/C13H10F6INO6S/c1-6(22)21-9-4-7(2-3-8(9)20)10(23)27-11(12(14,15)16,13(17,18)19)5-28(24,25)26/h2-4H,5H2,1H3,(H,21,22)(H,24,25,26)/p-1. The van der Waals surface area contributed by atoms with E-state index >= 15 is 0 Å². The lowest BCUT2D eigenvalue weighted by molar-refractivity contribution is -0.356. The number of halogens is 7. The molecule has 7 nitrogen and oxygen atoms in total. The van der Waals surface area contributed by atoms with E-state index < -0.39 is 51.3 Å². The minimum atomic E-state index is -6.47. The molecule has 0 aliphatic rings. The van der Waals surface area contributed by atoms with Gasteiger partial charge in [0.1, 0.15) is 0 Å². The van der Waals surface area contributed by atoms with Crippen LogP contribution in [0.25, 0.3) is 0 Å². The molecule has 1 rings (SSSR count). The summed E-state index contributed by atoms with van der Waals surface area (Å²) in [5.41, 5.74) is -6.55. The Balaban J connectivity index is 3.48. The number of rotatable bonds is 5. The van der Waals surface area contributed by atoms with Gasteiger partial charge in [-0.05, 0) is 40.8 Å². The predicted octanol–water partition coefficient (Wildman–Crippen LogP) is 2.82. The van der Waals surface area contributed by atoms with Crippen LogP contribution in [0.15, 0.2) is 18.2 Å². The van der Waals surface area contributed by atoms with Crippen molar-refractivity contribution in [1.82, 2.24) is 0 Å². The van der Waals surface area contributed by atoms with Gasteiger partial charge < -0.3 is 14.6 Å². The molecule has 0 aliphatic heterocycles. The van der Waals surface area contributed by atoms with Gasteiger partial charge in [-0.25, -0.2) is 13.2 Å². The maximum Gasteiger partial charge on any atom is 0.438 e. The van der Waals surface area contributed by atoms with Crippen LogP contribution in [0.4, 0.5) is 32.0 Å². The lowest BCUT2D eigenvalue weighted by atomic mass is 10.1. The molecule has 0 unspecified atom stereocenters. The van der Waals surface area contributed by atoms with Crippen molar-refractivity contribution >= 4 is 50.3 Å². The summed E-state index contributed by atoms with van der Waals surface area (Å²) in [6.07, 6.45) is -12.9. The highest BCUT2D eigenvalue weighted by atomic mass is 127. The Kier molecular flexibility index (Phi) is 6.99. The molecular weight excluding hydrogens is 539 g/mol. The van der Waals surface area contributed by atoms with Gasteiger partial charge in [-0.3, -0.25) is 4.79 Å². The first-order valence-corrected chi connectivity index (χ1v) is 9.43. The van der Waals surface area contributed by atoms with E-state index in [9.17, 15) is 48.9 Å². The number of carbonyl (C=O) groups excluding carboxylic acids is 2. The molecule has 0 saturated heterocycles. The molecule has 158 valence electrons. The van der Waals surface area contributed by atoms with E-state index in [0.717, 1.165) is 25.1 Å². The zero-order chi connectivity index (χ0) is 22.1. The van der Waals surface area contributed by atoms with E-state index in [2.05, 4.69) is 10.1 Å². The van der Waals surface area contributed by atoms with Crippen LogP contribution in [0.2, 0.25) is 0 Å². The fourth-order valence-electron chi connectivity index (χ4n) is 1.87. The molecule has 0 atom stereocenters. The first-order chi connectivity index (χ1) is 12.4. The number of hydrogen-bond donors (Lipinski definition) is 1. The third-order valence-electron chi connectivity index (χ3n) is 3.08. The van der Waals surface area contributed by atoms with Gasteiger partial charge in [-0.2, -0.15) is 26.3 Å². The summed E-state index contributed by atoms with van der Waals surface area (Å²) in [7, 11) is -6.13. The number of anilines is 1. The Labute approximate surface area is 167 Å². The van der Waals surface area contributed by atoms with Crippen molar-refractivity contribution in [3.05, 3.63) is 27.3 Å². The highest BCUT2D eigenvalue weighted by Crippen LogP contribution is 2.47. The van der Waals surface area contributed by atoms with Crippen LogP contribution in [0.3, 0.4) is 0 Å². The molecule has 1 amide bonds. The fraction of sp³-hybridized carbons (Fsp3) is 0.385. The number of ether oxygens (including phenoxy) is 1. The Morgan fingerprint density at radius 3 is 2.04 bits per heavy atom. The van der Waals surface area contributed by atoms with Crippen LogP contribution in [-0.4, -0.2) is 48.6 Å². The van der Waals surface area contributed by atoms with Crippen LogP contribution in [-0.2, 0) is 19.6 Å². The van der Waals surface area contributed by atoms with Gasteiger partial charge in [-0.15, -0.1) is 0 Å². The van der Waals surface area contributed by atoms with E-state index in [-0.39, 0.29) is 9.26 Å². The smallest absolute Gasteiger partial charge is 0.438 e. The van der Waals surface area contributed by atoms with Crippen LogP contribution >= 0.6 is 22.6 Å². The van der Waals surface area contributed by atoms with E-state index in [1.807, 2.05) is 0 Å². The molecule has 1 aromatic carbocycles. The van der Waals surface area contributed by atoms with Gasteiger partial charge in [0, 0.05) is 10.5 Å². The summed E-state index contributed by atoms with van der Waals surface area (Å²) < 4.78 is 115. The highest BCUT2D eigenvalue weighted by Gasteiger charge is 2.75. The molecule has 15 heteroatoms. The normalized spacial score (nSPS) is 13.2. The first kappa shape index (κ1) is 24.4. The first-order valence-electron chi connectivity index (χ1n) is 6.77. The maximum absolute atomic E-state index is 13.1. The van der Waals surface area contributed by atoms with Crippen molar-refractivity contribution in [2.75, 3.05) is 11.1 Å². The average Bonchev–Trinajstić information content (AvgIpc) is 2.44. The number of hydrogen-bond acceptors (Lipinski definition) is 6. The molecule has 0 saturated carbocycles. The van der Waals surface area contributed by atoms with Crippen LogP contribution in [0.5, 0.6) is 0 Å². The van der Waals surface area contributed by atoms with Crippen molar-refractivity contribution in [3.8, 4) is 0 Å². The van der Waals surface area contributed by atoms with Gasteiger partial charge in [0.15, 0.2) is 0 Å². The number of esters is 1. The molecule has 0 radical (unpaired) electrons. The number of alkyl halides is 6. The summed E-state index contributed by atoms with van der Waals surface area (Å²) in [4.78, 5) is 23.0. The number of nitrogens with one attached hydrogen (secondary N) is 1. The molecule has 0 aliphatic carbocycles. The monoisotopic (exact) mass is 548 g/mol.